The Morgan fingerprint density at radius 3 is 2.70 bits per heavy atom. The van der Waals surface area contributed by atoms with Crippen molar-refractivity contribution in [1.29, 1.82) is 5.26 Å². The van der Waals surface area contributed by atoms with E-state index in [-0.39, 0.29) is 11.7 Å². The lowest BCUT2D eigenvalue weighted by Crippen LogP contribution is -2.49. The average molecular weight is 318 g/mol. The fraction of sp³-hybridized carbons (Fsp3) is 0.562. The van der Waals surface area contributed by atoms with Gasteiger partial charge in [0.05, 0.1) is 29.8 Å². The molecule has 23 heavy (non-hydrogen) atoms. The van der Waals surface area contributed by atoms with Crippen molar-refractivity contribution in [3.63, 3.8) is 0 Å². The van der Waals surface area contributed by atoms with Gasteiger partial charge in [0.25, 0.3) is 5.69 Å². The first-order valence-corrected chi connectivity index (χ1v) is 7.77. The molecule has 0 amide bonds. The molecule has 0 radical (unpaired) electrons. The van der Waals surface area contributed by atoms with Crippen molar-refractivity contribution < 1.29 is 9.66 Å². The molecule has 124 valence electrons. The Morgan fingerprint density at radius 2 is 2.13 bits per heavy atom. The second-order valence-electron chi connectivity index (χ2n) is 5.94. The molecule has 1 aromatic rings. The Balaban J connectivity index is 2.13. The fourth-order valence-electron chi connectivity index (χ4n) is 2.82. The monoisotopic (exact) mass is 318 g/mol. The van der Waals surface area contributed by atoms with Crippen LogP contribution < -0.4 is 5.32 Å². The third-order valence-corrected chi connectivity index (χ3v) is 4.11. The van der Waals surface area contributed by atoms with Crippen molar-refractivity contribution in [3.05, 3.63) is 33.9 Å². The number of hydrogen-bond donors (Lipinski definition) is 1. The summed E-state index contributed by atoms with van der Waals surface area (Å²) >= 11 is 0. The summed E-state index contributed by atoms with van der Waals surface area (Å²) in [5, 5.41) is 23.3. The average Bonchev–Trinajstić information content (AvgIpc) is 2.55. The van der Waals surface area contributed by atoms with Gasteiger partial charge in [0.15, 0.2) is 0 Å². The van der Waals surface area contributed by atoms with Gasteiger partial charge in [0, 0.05) is 31.7 Å². The quantitative estimate of drug-likeness (QED) is 0.639. The lowest BCUT2D eigenvalue weighted by molar-refractivity contribution is -0.384. The van der Waals surface area contributed by atoms with E-state index >= 15 is 0 Å². The van der Waals surface area contributed by atoms with E-state index in [2.05, 4.69) is 24.1 Å². The Bertz CT molecular complexity index is 591. The highest BCUT2D eigenvalue weighted by Crippen LogP contribution is 2.26. The maximum absolute atomic E-state index is 11.2. The van der Waals surface area contributed by atoms with Crippen molar-refractivity contribution in [2.24, 2.45) is 5.92 Å². The topological polar surface area (TPSA) is 91.4 Å². The number of rotatable bonds is 6. The zero-order valence-corrected chi connectivity index (χ0v) is 13.5. The molecule has 1 heterocycles. The molecule has 0 aromatic heterocycles. The molecule has 1 aliphatic rings. The molecule has 1 aromatic carbocycles. The number of morpholine rings is 1. The number of hydrogen-bond acceptors (Lipinski definition) is 6. The number of ether oxygens (including phenoxy) is 1. The van der Waals surface area contributed by atoms with Crippen LogP contribution in [-0.2, 0) is 4.74 Å². The number of nitriles is 1. The predicted octanol–water partition coefficient (Wildman–Crippen LogP) is 2.24. The largest absolute Gasteiger partial charge is 0.379 e. The van der Waals surface area contributed by atoms with Gasteiger partial charge in [0.2, 0.25) is 0 Å². The SMILES string of the molecule is CC(C)C(CNc1cc(C#N)ccc1[N+](=O)[O-])N1CCOCC1. The summed E-state index contributed by atoms with van der Waals surface area (Å²) in [5.74, 6) is 0.402. The first-order chi connectivity index (χ1) is 11.0. The summed E-state index contributed by atoms with van der Waals surface area (Å²) in [6, 6.07) is 6.65. The normalized spacial score (nSPS) is 16.8. The van der Waals surface area contributed by atoms with E-state index in [4.69, 9.17) is 10.00 Å². The van der Waals surface area contributed by atoms with Gasteiger partial charge < -0.3 is 10.1 Å². The maximum atomic E-state index is 11.2. The summed E-state index contributed by atoms with van der Waals surface area (Å²) in [6.45, 7) is 8.04. The van der Waals surface area contributed by atoms with Gasteiger partial charge in [-0.15, -0.1) is 0 Å². The van der Waals surface area contributed by atoms with Crippen LogP contribution in [0.3, 0.4) is 0 Å². The molecule has 0 aliphatic carbocycles. The molecule has 1 unspecified atom stereocenters. The third-order valence-electron chi connectivity index (χ3n) is 4.11. The van der Waals surface area contributed by atoms with Crippen LogP contribution in [-0.4, -0.2) is 48.7 Å². The highest BCUT2D eigenvalue weighted by molar-refractivity contribution is 5.64. The van der Waals surface area contributed by atoms with Gasteiger partial charge in [-0.2, -0.15) is 5.26 Å². The van der Waals surface area contributed by atoms with Crippen molar-refractivity contribution in [2.45, 2.75) is 19.9 Å². The summed E-state index contributed by atoms with van der Waals surface area (Å²) in [4.78, 5) is 13.1. The molecule has 0 saturated carbocycles. The highest BCUT2D eigenvalue weighted by Gasteiger charge is 2.24. The molecule has 1 aliphatic heterocycles. The Labute approximate surface area is 136 Å². The van der Waals surface area contributed by atoms with E-state index in [1.54, 1.807) is 0 Å². The smallest absolute Gasteiger partial charge is 0.292 e. The van der Waals surface area contributed by atoms with E-state index < -0.39 is 4.92 Å². The lowest BCUT2D eigenvalue weighted by Gasteiger charge is -2.37. The van der Waals surface area contributed by atoms with Crippen LogP contribution in [0.2, 0.25) is 0 Å². The molecule has 7 heteroatoms. The molecular formula is C16H22N4O3. The Morgan fingerprint density at radius 1 is 1.43 bits per heavy atom. The molecule has 2 rings (SSSR count). The van der Waals surface area contributed by atoms with Gasteiger partial charge >= 0.3 is 0 Å². The summed E-state index contributed by atoms with van der Waals surface area (Å²) in [7, 11) is 0. The minimum absolute atomic E-state index is 0.00603. The Hall–Kier alpha value is -2.17. The number of benzene rings is 1. The standard InChI is InChI=1S/C16H22N4O3/c1-12(2)16(19-5-7-23-8-6-19)11-18-14-9-13(10-17)3-4-15(14)20(21)22/h3-4,9,12,16,18H,5-8,11H2,1-2H3. The summed E-state index contributed by atoms with van der Waals surface area (Å²) in [6.07, 6.45) is 0. The van der Waals surface area contributed by atoms with Crippen LogP contribution in [0, 0.1) is 27.4 Å². The number of nitrogens with zero attached hydrogens (tertiary/aromatic N) is 3. The van der Waals surface area contributed by atoms with Gasteiger partial charge in [0.1, 0.15) is 5.69 Å². The molecule has 1 N–H and O–H groups in total. The minimum atomic E-state index is -0.428. The lowest BCUT2D eigenvalue weighted by atomic mass is 10.0. The Kier molecular flexibility index (Phi) is 5.90. The summed E-state index contributed by atoms with van der Waals surface area (Å²) < 4.78 is 5.39. The highest BCUT2D eigenvalue weighted by atomic mass is 16.6. The molecule has 0 spiro atoms. The first kappa shape index (κ1) is 17.2. The van der Waals surface area contributed by atoms with E-state index in [9.17, 15) is 10.1 Å². The molecular weight excluding hydrogens is 296 g/mol. The van der Waals surface area contributed by atoms with Gasteiger partial charge in [-0.3, -0.25) is 15.0 Å². The second-order valence-corrected chi connectivity index (χ2v) is 5.94. The number of nitro benzene ring substituents is 1. The predicted molar refractivity (Wildman–Crippen MR) is 87.3 cm³/mol. The van der Waals surface area contributed by atoms with Crippen molar-refractivity contribution in [3.8, 4) is 6.07 Å². The van der Waals surface area contributed by atoms with Crippen LogP contribution in [0.4, 0.5) is 11.4 Å². The molecule has 1 saturated heterocycles. The van der Waals surface area contributed by atoms with Crippen LogP contribution >= 0.6 is 0 Å². The second kappa shape index (κ2) is 7.90. The van der Waals surface area contributed by atoms with Crippen LogP contribution in [0.1, 0.15) is 19.4 Å². The third kappa shape index (κ3) is 4.41. The van der Waals surface area contributed by atoms with Crippen LogP contribution in [0.5, 0.6) is 0 Å². The number of nitro groups is 1. The van der Waals surface area contributed by atoms with E-state index in [1.807, 2.05) is 6.07 Å². The van der Waals surface area contributed by atoms with Gasteiger partial charge in [-0.25, -0.2) is 0 Å². The zero-order valence-electron chi connectivity index (χ0n) is 13.5. The molecule has 7 nitrogen and oxygen atoms in total. The van der Waals surface area contributed by atoms with E-state index in [1.165, 1.54) is 18.2 Å². The molecule has 1 atom stereocenters. The van der Waals surface area contributed by atoms with Gasteiger partial charge in [-0.05, 0) is 18.1 Å². The van der Waals surface area contributed by atoms with Crippen LogP contribution in [0.15, 0.2) is 18.2 Å². The van der Waals surface area contributed by atoms with Gasteiger partial charge in [-0.1, -0.05) is 13.8 Å². The van der Waals surface area contributed by atoms with E-state index in [0.29, 0.717) is 36.9 Å². The van der Waals surface area contributed by atoms with Crippen molar-refractivity contribution >= 4 is 11.4 Å². The molecule has 1 fully saturated rings. The number of nitrogens with one attached hydrogen (secondary N) is 1. The zero-order chi connectivity index (χ0) is 16.8. The van der Waals surface area contributed by atoms with E-state index in [0.717, 1.165) is 13.1 Å². The summed E-state index contributed by atoms with van der Waals surface area (Å²) in [5.41, 5.74) is 0.798. The minimum Gasteiger partial charge on any atom is -0.379 e. The van der Waals surface area contributed by atoms with Crippen molar-refractivity contribution in [1.82, 2.24) is 4.90 Å². The maximum Gasteiger partial charge on any atom is 0.292 e. The van der Waals surface area contributed by atoms with Crippen molar-refractivity contribution in [2.75, 3.05) is 38.2 Å². The van der Waals surface area contributed by atoms with Crippen LogP contribution in [0.25, 0.3) is 0 Å². The molecule has 0 bridgehead atoms. The fourth-order valence-corrected chi connectivity index (χ4v) is 2.82. The first-order valence-electron chi connectivity index (χ1n) is 7.77. The number of anilines is 1.